The molecule has 0 saturated carbocycles. The molecule has 0 radical (unpaired) electrons. The second-order valence-electron chi connectivity index (χ2n) is 6.53. The van der Waals surface area contributed by atoms with E-state index in [4.69, 9.17) is 0 Å². The lowest BCUT2D eigenvalue weighted by Crippen LogP contribution is -2.17. The van der Waals surface area contributed by atoms with Crippen LogP contribution in [0.5, 0.6) is 0 Å². The Hall–Kier alpha value is -3.26. The molecule has 0 aromatic heterocycles. The molecule has 1 amide bonds. The van der Waals surface area contributed by atoms with Gasteiger partial charge in [-0.3, -0.25) is 9.52 Å². The van der Waals surface area contributed by atoms with Crippen LogP contribution in [0.25, 0.3) is 0 Å². The minimum absolute atomic E-state index is 0.0172. The number of sulfonamides is 1. The molecule has 0 aliphatic carbocycles. The highest BCUT2D eigenvalue weighted by atomic mass is 32.2. The second-order valence-corrected chi connectivity index (χ2v) is 8.18. The van der Waals surface area contributed by atoms with E-state index in [1.54, 1.807) is 31.2 Å². The van der Waals surface area contributed by atoms with Gasteiger partial charge in [-0.15, -0.1) is 0 Å². The van der Waals surface area contributed by atoms with Crippen LogP contribution in [0, 0.1) is 25.5 Å². The minimum atomic E-state index is -3.95. The van der Waals surface area contributed by atoms with Crippen molar-refractivity contribution in [1.82, 2.24) is 0 Å². The number of halogens is 2. The van der Waals surface area contributed by atoms with Gasteiger partial charge in [-0.05, 0) is 55.8 Å². The summed E-state index contributed by atoms with van der Waals surface area (Å²) in [5.74, 6) is -2.42. The molecule has 3 aromatic carbocycles. The maximum absolute atomic E-state index is 13.8. The van der Waals surface area contributed by atoms with Gasteiger partial charge in [0.05, 0.1) is 10.6 Å². The zero-order valence-electron chi connectivity index (χ0n) is 15.7. The predicted molar refractivity (Wildman–Crippen MR) is 107 cm³/mol. The molecule has 0 heterocycles. The Morgan fingerprint density at radius 3 is 2.24 bits per heavy atom. The Morgan fingerprint density at radius 2 is 1.59 bits per heavy atom. The van der Waals surface area contributed by atoms with Gasteiger partial charge in [-0.1, -0.05) is 23.8 Å². The second kappa shape index (κ2) is 8.00. The molecule has 0 saturated heterocycles. The molecule has 0 aliphatic rings. The summed E-state index contributed by atoms with van der Waals surface area (Å²) in [6.07, 6.45) is 0. The van der Waals surface area contributed by atoms with E-state index in [1.807, 2.05) is 6.92 Å². The van der Waals surface area contributed by atoms with Crippen LogP contribution in [-0.4, -0.2) is 14.3 Å². The lowest BCUT2D eigenvalue weighted by Gasteiger charge is -2.13. The third-order valence-electron chi connectivity index (χ3n) is 4.22. The Balaban J connectivity index is 1.88. The van der Waals surface area contributed by atoms with Crippen LogP contribution in [0.4, 0.5) is 20.2 Å². The number of rotatable bonds is 5. The van der Waals surface area contributed by atoms with Gasteiger partial charge < -0.3 is 5.32 Å². The van der Waals surface area contributed by atoms with E-state index in [9.17, 15) is 22.0 Å². The smallest absolute Gasteiger partial charge is 0.262 e. The number of hydrogen-bond acceptors (Lipinski definition) is 3. The molecule has 0 spiro atoms. The number of amides is 1. The van der Waals surface area contributed by atoms with Crippen LogP contribution in [0.15, 0.2) is 65.6 Å². The van der Waals surface area contributed by atoms with Crippen molar-refractivity contribution >= 4 is 27.3 Å². The molecule has 3 aromatic rings. The van der Waals surface area contributed by atoms with Crippen molar-refractivity contribution < 1.29 is 22.0 Å². The topological polar surface area (TPSA) is 75.3 Å². The number of benzene rings is 3. The van der Waals surface area contributed by atoms with Gasteiger partial charge in [0.2, 0.25) is 0 Å². The first-order valence-corrected chi connectivity index (χ1v) is 10.1. The van der Waals surface area contributed by atoms with E-state index in [0.29, 0.717) is 17.3 Å². The Bertz CT molecular complexity index is 1180. The highest BCUT2D eigenvalue weighted by molar-refractivity contribution is 7.92. The standard InChI is InChI=1S/C21H18F2N2O3S/c1-13-3-8-17(9-4-13)25-29(27,28)20-11-15(6-5-14(20)2)21(26)24-19-10-7-16(22)12-18(19)23/h3-12,25H,1-2H3,(H,24,26). The van der Waals surface area contributed by atoms with Crippen molar-refractivity contribution in [3.63, 3.8) is 0 Å². The van der Waals surface area contributed by atoms with Crippen LogP contribution < -0.4 is 10.0 Å². The largest absolute Gasteiger partial charge is 0.319 e. The molecular formula is C21H18F2N2O3S. The molecule has 8 heteroatoms. The van der Waals surface area contributed by atoms with E-state index >= 15 is 0 Å². The van der Waals surface area contributed by atoms with E-state index in [2.05, 4.69) is 10.0 Å². The van der Waals surface area contributed by atoms with Crippen molar-refractivity contribution in [1.29, 1.82) is 0 Å². The van der Waals surface area contributed by atoms with Crippen LogP contribution >= 0.6 is 0 Å². The van der Waals surface area contributed by atoms with Crippen molar-refractivity contribution in [3.05, 3.63) is 89.0 Å². The molecule has 29 heavy (non-hydrogen) atoms. The monoisotopic (exact) mass is 416 g/mol. The normalized spacial score (nSPS) is 11.2. The zero-order chi connectivity index (χ0) is 21.2. The van der Waals surface area contributed by atoms with Crippen molar-refractivity contribution in [2.24, 2.45) is 0 Å². The molecule has 3 rings (SSSR count). The predicted octanol–water partition coefficient (Wildman–Crippen LogP) is 4.63. The quantitative estimate of drug-likeness (QED) is 0.637. The van der Waals surface area contributed by atoms with Crippen LogP contribution in [0.1, 0.15) is 21.5 Å². The summed E-state index contributed by atoms with van der Waals surface area (Å²) in [5.41, 5.74) is 1.62. The molecule has 0 unspecified atom stereocenters. The van der Waals surface area contributed by atoms with Crippen molar-refractivity contribution in [2.75, 3.05) is 10.0 Å². The van der Waals surface area contributed by atoms with E-state index in [-0.39, 0.29) is 16.1 Å². The molecule has 5 nitrogen and oxygen atoms in total. The average molecular weight is 416 g/mol. The van der Waals surface area contributed by atoms with E-state index < -0.39 is 27.6 Å². The molecule has 0 atom stereocenters. The first-order chi connectivity index (χ1) is 13.7. The highest BCUT2D eigenvalue weighted by Gasteiger charge is 2.20. The molecule has 2 N–H and O–H groups in total. The van der Waals surface area contributed by atoms with Gasteiger partial charge >= 0.3 is 0 Å². The van der Waals surface area contributed by atoms with Gasteiger partial charge in [-0.25, -0.2) is 17.2 Å². The molecule has 0 fully saturated rings. The van der Waals surface area contributed by atoms with Gasteiger partial charge in [0.15, 0.2) is 0 Å². The van der Waals surface area contributed by atoms with Gasteiger partial charge in [-0.2, -0.15) is 0 Å². The summed E-state index contributed by atoms with van der Waals surface area (Å²) >= 11 is 0. The lowest BCUT2D eigenvalue weighted by atomic mass is 10.1. The van der Waals surface area contributed by atoms with Crippen LogP contribution in [0.3, 0.4) is 0 Å². The summed E-state index contributed by atoms with van der Waals surface area (Å²) in [4.78, 5) is 12.4. The third-order valence-corrected chi connectivity index (χ3v) is 5.75. The number of carbonyl (C=O) groups excluding carboxylic acids is 1. The summed E-state index contributed by atoms with van der Waals surface area (Å²) in [6, 6.07) is 13.7. The number of hydrogen-bond donors (Lipinski definition) is 2. The summed E-state index contributed by atoms with van der Waals surface area (Å²) in [6.45, 7) is 3.49. The van der Waals surface area contributed by atoms with Gasteiger partial charge in [0, 0.05) is 17.3 Å². The van der Waals surface area contributed by atoms with Gasteiger partial charge in [0.25, 0.3) is 15.9 Å². The van der Waals surface area contributed by atoms with Crippen LogP contribution in [0.2, 0.25) is 0 Å². The van der Waals surface area contributed by atoms with E-state index in [1.165, 1.54) is 18.2 Å². The molecule has 150 valence electrons. The Kier molecular flexibility index (Phi) is 5.65. The molecular weight excluding hydrogens is 398 g/mol. The fraction of sp³-hybridized carbons (Fsp3) is 0.0952. The lowest BCUT2D eigenvalue weighted by molar-refractivity contribution is 0.102. The van der Waals surface area contributed by atoms with Crippen LogP contribution in [-0.2, 0) is 10.0 Å². The number of carbonyl (C=O) groups is 1. The molecule has 0 aliphatic heterocycles. The number of aryl methyl sites for hydroxylation is 2. The first kappa shape index (κ1) is 20.5. The number of anilines is 2. The number of nitrogens with one attached hydrogen (secondary N) is 2. The van der Waals surface area contributed by atoms with E-state index in [0.717, 1.165) is 17.7 Å². The minimum Gasteiger partial charge on any atom is -0.319 e. The molecule has 0 bridgehead atoms. The Morgan fingerprint density at radius 1 is 0.897 bits per heavy atom. The average Bonchev–Trinajstić information content (AvgIpc) is 2.66. The van der Waals surface area contributed by atoms with Crippen molar-refractivity contribution in [2.45, 2.75) is 18.7 Å². The fourth-order valence-electron chi connectivity index (χ4n) is 2.65. The highest BCUT2D eigenvalue weighted by Crippen LogP contribution is 2.22. The Labute approximate surface area is 167 Å². The fourth-order valence-corrected chi connectivity index (χ4v) is 3.98. The maximum Gasteiger partial charge on any atom is 0.262 e. The third kappa shape index (κ3) is 4.78. The zero-order valence-corrected chi connectivity index (χ0v) is 16.5. The summed E-state index contributed by atoms with van der Waals surface area (Å²) < 4.78 is 54.8. The SMILES string of the molecule is Cc1ccc(NS(=O)(=O)c2cc(C(=O)Nc3ccc(F)cc3F)ccc2C)cc1. The maximum atomic E-state index is 13.8. The van der Waals surface area contributed by atoms with Crippen molar-refractivity contribution in [3.8, 4) is 0 Å². The first-order valence-electron chi connectivity index (χ1n) is 8.62. The summed E-state index contributed by atoms with van der Waals surface area (Å²) in [7, 11) is -3.95. The summed E-state index contributed by atoms with van der Waals surface area (Å²) in [5, 5.41) is 2.31. The van der Waals surface area contributed by atoms with Gasteiger partial charge in [0.1, 0.15) is 11.6 Å².